The third kappa shape index (κ3) is 2.72. The number of hydrogen-bond acceptors (Lipinski definition) is 2. The van der Waals surface area contributed by atoms with Gasteiger partial charge in [0.1, 0.15) is 5.58 Å². The predicted molar refractivity (Wildman–Crippen MR) is 87.8 cm³/mol. The van der Waals surface area contributed by atoms with E-state index >= 15 is 0 Å². The molecule has 1 heterocycles. The van der Waals surface area contributed by atoms with Crippen molar-refractivity contribution in [1.29, 1.82) is 0 Å². The Labute approximate surface area is 131 Å². The summed E-state index contributed by atoms with van der Waals surface area (Å²) in [5.41, 5.74) is 3.71. The van der Waals surface area contributed by atoms with Gasteiger partial charge in [0, 0.05) is 15.5 Å². The van der Waals surface area contributed by atoms with Crippen LogP contribution in [0.4, 0.5) is 5.69 Å². The average molecular weight is 344 g/mol. The third-order valence-corrected chi connectivity index (χ3v) is 4.05. The molecule has 0 aliphatic carbocycles. The summed E-state index contributed by atoms with van der Waals surface area (Å²) in [7, 11) is 0. The molecule has 3 aromatic rings. The molecular formula is C17H14BrNO2. The zero-order chi connectivity index (χ0) is 15.0. The Morgan fingerprint density at radius 1 is 1.14 bits per heavy atom. The summed E-state index contributed by atoms with van der Waals surface area (Å²) in [6.45, 7) is 4.00. The number of aryl methyl sites for hydroxylation is 1. The van der Waals surface area contributed by atoms with Crippen molar-refractivity contribution < 1.29 is 9.21 Å². The Kier molecular flexibility index (Phi) is 3.55. The molecular weight excluding hydrogens is 330 g/mol. The maximum atomic E-state index is 12.3. The van der Waals surface area contributed by atoms with Crippen LogP contribution in [0.1, 0.15) is 21.7 Å². The zero-order valence-electron chi connectivity index (χ0n) is 11.7. The molecule has 0 radical (unpaired) electrons. The van der Waals surface area contributed by atoms with Gasteiger partial charge in [0.05, 0.1) is 0 Å². The molecule has 106 valence electrons. The number of carbonyl (C=O) groups excluding carboxylic acids is 1. The minimum Gasteiger partial charge on any atom is -0.451 e. The Morgan fingerprint density at radius 2 is 1.95 bits per heavy atom. The standard InChI is InChI=1S/C17H14BrNO2/c1-10-4-3-5-14(11(10)2)19-17(20)16-9-12-8-13(18)6-7-15(12)21-16/h3-9H,1-2H3,(H,19,20). The molecule has 0 fully saturated rings. The summed E-state index contributed by atoms with van der Waals surface area (Å²) in [6.07, 6.45) is 0. The number of hydrogen-bond donors (Lipinski definition) is 1. The third-order valence-electron chi connectivity index (χ3n) is 3.55. The summed E-state index contributed by atoms with van der Waals surface area (Å²) in [6, 6.07) is 13.2. The molecule has 4 heteroatoms. The van der Waals surface area contributed by atoms with Crippen molar-refractivity contribution >= 4 is 38.5 Å². The van der Waals surface area contributed by atoms with E-state index in [4.69, 9.17) is 4.42 Å². The highest BCUT2D eigenvalue weighted by atomic mass is 79.9. The SMILES string of the molecule is Cc1cccc(NC(=O)c2cc3cc(Br)ccc3o2)c1C. The van der Waals surface area contributed by atoms with Crippen LogP contribution in [-0.4, -0.2) is 5.91 Å². The lowest BCUT2D eigenvalue weighted by Crippen LogP contribution is -2.12. The molecule has 0 saturated heterocycles. The van der Waals surface area contributed by atoms with E-state index in [0.717, 1.165) is 26.7 Å². The van der Waals surface area contributed by atoms with Crippen LogP contribution in [0.3, 0.4) is 0 Å². The maximum Gasteiger partial charge on any atom is 0.291 e. The van der Waals surface area contributed by atoms with Gasteiger partial charge in [-0.3, -0.25) is 4.79 Å². The average Bonchev–Trinajstić information content (AvgIpc) is 2.87. The summed E-state index contributed by atoms with van der Waals surface area (Å²) >= 11 is 3.41. The fourth-order valence-electron chi connectivity index (χ4n) is 2.20. The highest BCUT2D eigenvalue weighted by molar-refractivity contribution is 9.10. The topological polar surface area (TPSA) is 42.2 Å². The fourth-order valence-corrected chi connectivity index (χ4v) is 2.58. The van der Waals surface area contributed by atoms with Crippen molar-refractivity contribution in [3.8, 4) is 0 Å². The molecule has 1 N–H and O–H groups in total. The van der Waals surface area contributed by atoms with E-state index in [2.05, 4.69) is 21.2 Å². The van der Waals surface area contributed by atoms with Gasteiger partial charge in [0.25, 0.3) is 5.91 Å². The number of halogens is 1. The Bertz CT molecular complexity index is 836. The monoisotopic (exact) mass is 343 g/mol. The van der Waals surface area contributed by atoms with Crippen LogP contribution in [0.25, 0.3) is 11.0 Å². The number of carbonyl (C=O) groups is 1. The molecule has 21 heavy (non-hydrogen) atoms. The van der Waals surface area contributed by atoms with Crippen LogP contribution >= 0.6 is 15.9 Å². The Balaban J connectivity index is 1.91. The van der Waals surface area contributed by atoms with Gasteiger partial charge in [-0.25, -0.2) is 0 Å². The molecule has 3 nitrogen and oxygen atoms in total. The molecule has 3 rings (SSSR count). The van der Waals surface area contributed by atoms with Crippen molar-refractivity contribution in [2.75, 3.05) is 5.32 Å². The van der Waals surface area contributed by atoms with Crippen LogP contribution in [0, 0.1) is 13.8 Å². The molecule has 0 saturated carbocycles. The smallest absolute Gasteiger partial charge is 0.291 e. The molecule has 0 atom stereocenters. The lowest BCUT2D eigenvalue weighted by molar-refractivity contribution is 0.0998. The van der Waals surface area contributed by atoms with Gasteiger partial charge in [-0.2, -0.15) is 0 Å². The van der Waals surface area contributed by atoms with Gasteiger partial charge in [-0.15, -0.1) is 0 Å². The van der Waals surface area contributed by atoms with Crippen LogP contribution in [0.15, 0.2) is 51.4 Å². The summed E-state index contributed by atoms with van der Waals surface area (Å²) < 4.78 is 6.55. The van der Waals surface area contributed by atoms with Gasteiger partial charge in [-0.1, -0.05) is 28.1 Å². The highest BCUT2D eigenvalue weighted by Crippen LogP contribution is 2.25. The van der Waals surface area contributed by atoms with E-state index in [-0.39, 0.29) is 5.91 Å². The summed E-state index contributed by atoms with van der Waals surface area (Å²) in [5, 5.41) is 3.80. The molecule has 1 amide bonds. The largest absolute Gasteiger partial charge is 0.451 e. The van der Waals surface area contributed by atoms with Gasteiger partial charge in [0.2, 0.25) is 0 Å². The van der Waals surface area contributed by atoms with E-state index < -0.39 is 0 Å². The van der Waals surface area contributed by atoms with Crippen molar-refractivity contribution in [2.24, 2.45) is 0 Å². The molecule has 0 aliphatic rings. The van der Waals surface area contributed by atoms with E-state index in [0.29, 0.717) is 11.3 Å². The van der Waals surface area contributed by atoms with Crippen LogP contribution in [-0.2, 0) is 0 Å². The van der Waals surface area contributed by atoms with Crippen LogP contribution in [0.5, 0.6) is 0 Å². The Morgan fingerprint density at radius 3 is 2.76 bits per heavy atom. The summed E-state index contributed by atoms with van der Waals surface area (Å²) in [4.78, 5) is 12.3. The number of benzene rings is 2. The lowest BCUT2D eigenvalue weighted by atomic mass is 10.1. The zero-order valence-corrected chi connectivity index (χ0v) is 13.3. The quantitative estimate of drug-likeness (QED) is 0.706. The number of rotatable bonds is 2. The number of nitrogens with one attached hydrogen (secondary N) is 1. The minimum absolute atomic E-state index is 0.240. The van der Waals surface area contributed by atoms with Gasteiger partial charge < -0.3 is 9.73 Å². The van der Waals surface area contributed by atoms with E-state index in [9.17, 15) is 4.79 Å². The van der Waals surface area contributed by atoms with E-state index in [1.165, 1.54) is 0 Å². The molecule has 0 aliphatic heterocycles. The normalized spacial score (nSPS) is 10.8. The molecule has 0 unspecified atom stereocenters. The highest BCUT2D eigenvalue weighted by Gasteiger charge is 2.14. The first-order valence-corrected chi connectivity index (χ1v) is 7.40. The number of amides is 1. The van der Waals surface area contributed by atoms with Crippen LogP contribution < -0.4 is 5.32 Å². The number of fused-ring (bicyclic) bond motifs is 1. The van der Waals surface area contributed by atoms with Gasteiger partial charge >= 0.3 is 0 Å². The summed E-state index contributed by atoms with van der Waals surface area (Å²) in [5.74, 6) is 0.0695. The number of furan rings is 1. The van der Waals surface area contributed by atoms with Gasteiger partial charge in [0.15, 0.2) is 5.76 Å². The molecule has 2 aromatic carbocycles. The second-order valence-corrected chi connectivity index (χ2v) is 5.91. The van der Waals surface area contributed by atoms with Crippen LogP contribution in [0.2, 0.25) is 0 Å². The first kappa shape index (κ1) is 13.9. The van der Waals surface area contributed by atoms with E-state index in [1.54, 1.807) is 6.07 Å². The molecule has 1 aromatic heterocycles. The molecule has 0 bridgehead atoms. The first-order chi connectivity index (χ1) is 10.0. The second kappa shape index (κ2) is 5.37. The van der Waals surface area contributed by atoms with Crippen molar-refractivity contribution in [2.45, 2.75) is 13.8 Å². The minimum atomic E-state index is -0.240. The van der Waals surface area contributed by atoms with E-state index in [1.807, 2.05) is 50.2 Å². The number of anilines is 1. The lowest BCUT2D eigenvalue weighted by Gasteiger charge is -2.08. The van der Waals surface area contributed by atoms with Gasteiger partial charge in [-0.05, 0) is 55.3 Å². The predicted octanol–water partition coefficient (Wildman–Crippen LogP) is 5.06. The van der Waals surface area contributed by atoms with Crippen molar-refractivity contribution in [3.63, 3.8) is 0 Å². The van der Waals surface area contributed by atoms with Crippen molar-refractivity contribution in [1.82, 2.24) is 0 Å². The Hall–Kier alpha value is -2.07. The molecule has 0 spiro atoms. The van der Waals surface area contributed by atoms with Crippen molar-refractivity contribution in [3.05, 3.63) is 63.8 Å². The fraction of sp³-hybridized carbons (Fsp3) is 0.118. The second-order valence-electron chi connectivity index (χ2n) is 4.99. The maximum absolute atomic E-state index is 12.3. The first-order valence-electron chi connectivity index (χ1n) is 6.61.